The zero-order chi connectivity index (χ0) is 22.3. The normalized spacial score (nSPS) is 23.5. The van der Waals surface area contributed by atoms with Gasteiger partial charge in [0.15, 0.2) is 11.2 Å². The van der Waals surface area contributed by atoms with E-state index in [1.165, 1.54) is 10.9 Å². The molecule has 0 fully saturated rings. The van der Waals surface area contributed by atoms with E-state index < -0.39 is 47.6 Å². The molecule has 0 radical (unpaired) electrons. The van der Waals surface area contributed by atoms with Gasteiger partial charge in [0.05, 0.1) is 26.8 Å². The lowest BCUT2D eigenvalue weighted by Crippen LogP contribution is -2.21. The fourth-order valence-electron chi connectivity index (χ4n) is 2.74. The summed E-state index contributed by atoms with van der Waals surface area (Å²) in [5.41, 5.74) is 5.24. The van der Waals surface area contributed by atoms with Gasteiger partial charge in [-0.2, -0.15) is 4.98 Å². The molecule has 1 aliphatic carbocycles. The number of rotatable bonds is 8. The highest BCUT2D eigenvalue weighted by atomic mass is 31.3. The lowest BCUT2D eigenvalue weighted by Gasteiger charge is -2.37. The van der Waals surface area contributed by atoms with E-state index in [9.17, 15) is 38.1 Å². The first-order valence-corrected chi connectivity index (χ1v) is 12.2. The molecule has 16 nitrogen and oxygen atoms in total. The predicted molar refractivity (Wildman–Crippen MR) is 89.8 cm³/mol. The third-order valence-corrected chi connectivity index (χ3v) is 7.47. The van der Waals surface area contributed by atoms with Crippen LogP contribution >= 0.6 is 23.5 Å². The zero-order valence-corrected chi connectivity index (χ0v) is 17.2. The molecule has 0 bridgehead atoms. The summed E-state index contributed by atoms with van der Waals surface area (Å²) in [4.78, 5) is 65.4. The molecule has 2 aromatic heterocycles. The molecule has 0 amide bonds. The lowest BCUT2D eigenvalue weighted by molar-refractivity contribution is -0.339. The molecule has 2 heterocycles. The second kappa shape index (κ2) is 8.09. The van der Waals surface area contributed by atoms with Gasteiger partial charge < -0.3 is 39.0 Å². The molecule has 166 valence electrons. The van der Waals surface area contributed by atoms with Gasteiger partial charge in [-0.25, -0.2) is 9.29 Å². The SMILES string of the molecule is Nc1nc2c(ncn2[C@@H]2C=C[C@H](COP(=O)([O-])OP(=O)([O-])OP(=O)([O-])[O-])C2)c(=O)[nH]1. The summed E-state index contributed by atoms with van der Waals surface area (Å²) in [6.45, 7) is -0.566. The molecule has 0 aromatic carbocycles. The van der Waals surface area contributed by atoms with Crippen molar-refractivity contribution in [2.24, 2.45) is 5.92 Å². The standard InChI is InChI=1S/C11H16N5O11P3/c12-11-14-9-8(10(17)15-11)13-5-16(9)7-2-1-6(3-7)4-25-29(21,22)27-30(23,24)26-28(18,19)20/h1-2,5-7H,3-4H2,(H,21,22)(H,23,24)(H2,18,19,20)(H3,12,14,15,17)/p-4/t6-,7+/m0/s1. The maximum Gasteiger partial charge on any atom is 0.280 e. The van der Waals surface area contributed by atoms with E-state index in [2.05, 4.69) is 28.1 Å². The first kappa shape index (κ1) is 23.0. The summed E-state index contributed by atoms with van der Waals surface area (Å²) in [6, 6.07) is -0.398. The van der Waals surface area contributed by atoms with Crippen LogP contribution in [0.1, 0.15) is 12.5 Å². The summed E-state index contributed by atoms with van der Waals surface area (Å²) in [5, 5.41) is 0. The summed E-state index contributed by atoms with van der Waals surface area (Å²) in [6.07, 6.45) is 4.81. The van der Waals surface area contributed by atoms with E-state index in [0.717, 1.165) is 0 Å². The van der Waals surface area contributed by atoms with E-state index in [1.807, 2.05) is 0 Å². The van der Waals surface area contributed by atoms with Crippen molar-refractivity contribution in [1.82, 2.24) is 19.5 Å². The molecule has 1 aliphatic rings. The molecule has 19 heteroatoms. The van der Waals surface area contributed by atoms with Crippen molar-refractivity contribution in [3.05, 3.63) is 28.8 Å². The van der Waals surface area contributed by atoms with Crippen LogP contribution in [0.2, 0.25) is 0 Å². The van der Waals surface area contributed by atoms with Crippen LogP contribution in [0.15, 0.2) is 23.3 Å². The van der Waals surface area contributed by atoms with Gasteiger partial charge in [0.25, 0.3) is 21.2 Å². The second-order valence-electron chi connectivity index (χ2n) is 6.02. The van der Waals surface area contributed by atoms with Crippen LogP contribution in [0.3, 0.4) is 0 Å². The van der Waals surface area contributed by atoms with Crippen LogP contribution in [0.25, 0.3) is 11.2 Å². The topological polar surface area (TPSA) is 261 Å². The monoisotopic (exact) mass is 483 g/mol. The number of nitrogens with one attached hydrogen (secondary N) is 1. The van der Waals surface area contributed by atoms with Gasteiger partial charge in [0, 0.05) is 5.92 Å². The van der Waals surface area contributed by atoms with Crippen LogP contribution in [-0.4, -0.2) is 26.1 Å². The van der Waals surface area contributed by atoms with Crippen molar-refractivity contribution in [1.29, 1.82) is 0 Å². The number of imidazole rings is 1. The minimum atomic E-state index is -6.05. The van der Waals surface area contributed by atoms with Gasteiger partial charge >= 0.3 is 0 Å². The number of nitrogens with zero attached hydrogens (tertiary/aromatic N) is 3. The van der Waals surface area contributed by atoms with E-state index >= 15 is 0 Å². The zero-order valence-electron chi connectivity index (χ0n) is 14.6. The molecule has 4 atom stereocenters. The van der Waals surface area contributed by atoms with Crippen molar-refractivity contribution >= 4 is 40.6 Å². The number of aromatic nitrogens is 4. The Morgan fingerprint density at radius 3 is 2.53 bits per heavy atom. The van der Waals surface area contributed by atoms with Crippen LogP contribution in [0, 0.1) is 5.92 Å². The third-order valence-electron chi connectivity index (χ3n) is 3.80. The van der Waals surface area contributed by atoms with Gasteiger partial charge in [-0.05, 0) is 6.42 Å². The lowest BCUT2D eigenvalue weighted by atomic mass is 10.1. The van der Waals surface area contributed by atoms with Gasteiger partial charge in [0.2, 0.25) is 5.95 Å². The molecular formula is C11H12N5O11P3-4. The quantitative estimate of drug-likeness (QED) is 0.294. The molecule has 2 unspecified atom stereocenters. The Morgan fingerprint density at radius 2 is 1.87 bits per heavy atom. The van der Waals surface area contributed by atoms with Crippen LogP contribution < -0.4 is 30.9 Å². The van der Waals surface area contributed by atoms with Gasteiger partial charge in [-0.15, -0.1) is 0 Å². The van der Waals surface area contributed by atoms with Crippen molar-refractivity contribution in [3.63, 3.8) is 0 Å². The summed E-state index contributed by atoms with van der Waals surface area (Å²) < 4.78 is 45.6. The third kappa shape index (κ3) is 5.71. The number of H-pyrrole nitrogens is 1. The maximum absolute atomic E-state index is 11.8. The highest BCUT2D eigenvalue weighted by Crippen LogP contribution is 2.60. The van der Waals surface area contributed by atoms with Gasteiger partial charge in [-0.1, -0.05) is 12.2 Å². The number of hydrogen-bond donors (Lipinski definition) is 2. The molecule has 3 rings (SSSR count). The van der Waals surface area contributed by atoms with Crippen LogP contribution in [-0.2, 0) is 26.8 Å². The number of aromatic amines is 1. The Balaban J connectivity index is 1.63. The number of nitrogens with two attached hydrogens (primary N) is 1. The van der Waals surface area contributed by atoms with E-state index in [0.29, 0.717) is 0 Å². The van der Waals surface area contributed by atoms with Gasteiger partial charge in [-0.3, -0.25) is 23.2 Å². The minimum absolute atomic E-state index is 0.0509. The minimum Gasteiger partial charge on any atom is -0.790 e. The van der Waals surface area contributed by atoms with Crippen molar-refractivity contribution in [2.75, 3.05) is 12.3 Å². The molecular weight excluding hydrogens is 471 g/mol. The number of phosphoric ester groups is 1. The molecule has 0 saturated heterocycles. The Kier molecular flexibility index (Phi) is 6.20. The van der Waals surface area contributed by atoms with Crippen LogP contribution in [0.5, 0.6) is 0 Å². The molecule has 0 saturated carbocycles. The summed E-state index contributed by atoms with van der Waals surface area (Å²) in [7, 11) is -17.6. The Hall–Kier alpha value is -1.70. The number of allylic oxidation sites excluding steroid dienone is 1. The van der Waals surface area contributed by atoms with E-state index in [1.54, 1.807) is 12.2 Å². The fraction of sp³-hybridized carbons (Fsp3) is 0.364. The highest BCUT2D eigenvalue weighted by molar-refractivity contribution is 7.64. The highest BCUT2D eigenvalue weighted by Gasteiger charge is 2.26. The average molecular weight is 483 g/mol. The second-order valence-corrected chi connectivity index (χ2v) is 10.3. The Bertz CT molecular complexity index is 1190. The van der Waals surface area contributed by atoms with Crippen molar-refractivity contribution in [2.45, 2.75) is 12.5 Å². The largest absolute Gasteiger partial charge is 0.790 e. The predicted octanol–water partition coefficient (Wildman–Crippen LogP) is -2.37. The number of phosphoric acid groups is 3. The molecule has 30 heavy (non-hydrogen) atoms. The molecule has 2 aromatic rings. The number of nitrogen functional groups attached to an aromatic ring is 1. The maximum atomic E-state index is 11.8. The smallest absolute Gasteiger partial charge is 0.280 e. The summed E-state index contributed by atoms with van der Waals surface area (Å²) >= 11 is 0. The molecule has 3 N–H and O–H groups in total. The molecule has 0 spiro atoms. The first-order chi connectivity index (χ1) is 13.7. The fourth-order valence-corrected chi connectivity index (χ4v) is 5.65. The van der Waals surface area contributed by atoms with E-state index in [-0.39, 0.29) is 23.5 Å². The number of anilines is 1. The van der Waals surface area contributed by atoms with Crippen molar-refractivity contribution in [3.8, 4) is 0 Å². The Labute approximate surface area is 166 Å². The number of hydrogen-bond acceptors (Lipinski definition) is 14. The number of fused-ring (bicyclic) bond motifs is 1. The van der Waals surface area contributed by atoms with Gasteiger partial charge in [0.1, 0.15) is 0 Å². The Morgan fingerprint density at radius 1 is 1.17 bits per heavy atom. The van der Waals surface area contributed by atoms with Crippen molar-refractivity contribution < 1.29 is 46.4 Å². The first-order valence-electron chi connectivity index (χ1n) is 7.87. The van der Waals surface area contributed by atoms with E-state index in [4.69, 9.17) is 5.73 Å². The van der Waals surface area contributed by atoms with Crippen LogP contribution in [0.4, 0.5) is 5.95 Å². The molecule has 0 aliphatic heterocycles. The average Bonchev–Trinajstić information content (AvgIpc) is 3.15. The summed E-state index contributed by atoms with van der Waals surface area (Å²) in [5.74, 6) is -0.666.